The van der Waals surface area contributed by atoms with Gasteiger partial charge in [0.15, 0.2) is 0 Å². The van der Waals surface area contributed by atoms with Gasteiger partial charge in [0.2, 0.25) is 0 Å². The van der Waals surface area contributed by atoms with Crippen molar-refractivity contribution >= 4 is 25.2 Å². The minimum absolute atomic E-state index is 0.250. The first-order chi connectivity index (χ1) is 5.79. The molecule has 0 saturated heterocycles. The molecule has 62 valence electrons. The van der Waals surface area contributed by atoms with Crippen LogP contribution in [0.4, 0.5) is 0 Å². The van der Waals surface area contributed by atoms with Crippen LogP contribution in [-0.2, 0) is 0 Å². The summed E-state index contributed by atoms with van der Waals surface area (Å²) in [5.74, 6) is 0.582. The van der Waals surface area contributed by atoms with Crippen LogP contribution in [-0.4, -0.2) is 20.7 Å². The first-order valence-electron chi connectivity index (χ1n) is 4.05. The number of carbonyl (C=O) groups is 1. The predicted octanol–water partition coefficient (Wildman–Crippen LogP) is 1.27. The summed E-state index contributed by atoms with van der Waals surface area (Å²) in [6.45, 7) is 2.03. The van der Waals surface area contributed by atoms with Crippen molar-refractivity contribution in [2.45, 2.75) is 12.2 Å². The zero-order valence-electron chi connectivity index (χ0n) is 6.91. The quantitative estimate of drug-likeness (QED) is 0.607. The molecule has 0 amide bonds. The first kappa shape index (κ1) is 8.03. The van der Waals surface area contributed by atoms with Gasteiger partial charge in [0.25, 0.3) is 0 Å². The molecule has 0 aromatic heterocycles. The topological polar surface area (TPSA) is 17.1 Å². The Hall–Kier alpha value is -0.591. The third-order valence-corrected chi connectivity index (χ3v) is 4.89. The van der Waals surface area contributed by atoms with E-state index in [9.17, 15) is 4.79 Å². The van der Waals surface area contributed by atoms with E-state index in [1.165, 1.54) is 4.46 Å². The van der Waals surface area contributed by atoms with Crippen molar-refractivity contribution in [1.29, 1.82) is 0 Å². The Morgan fingerprint density at radius 1 is 1.42 bits per heavy atom. The fraction of sp³-hybridized carbons (Fsp3) is 0.300. The van der Waals surface area contributed by atoms with Crippen molar-refractivity contribution in [1.82, 2.24) is 0 Å². The zero-order valence-corrected chi connectivity index (χ0v) is 8.62. The van der Waals surface area contributed by atoms with Gasteiger partial charge in [-0.3, -0.25) is 0 Å². The SMILES string of the molecule is CC1C[Se]c2ccccc2C1=O. The molecule has 0 saturated carbocycles. The van der Waals surface area contributed by atoms with E-state index in [1.54, 1.807) is 0 Å². The number of Topliss-reactive ketones (excluding diaryl/α,β-unsaturated/α-hetero) is 1. The standard InChI is InChI=1S/C10H10OSe/c1-7-6-12-9-5-3-2-4-8(9)10(7)11/h2-5,7H,6H2,1H3. The summed E-state index contributed by atoms with van der Waals surface area (Å²) in [7, 11) is 0. The summed E-state index contributed by atoms with van der Waals surface area (Å²) in [6, 6.07) is 8.00. The normalized spacial score (nSPS) is 22.1. The van der Waals surface area contributed by atoms with Crippen molar-refractivity contribution in [2.75, 3.05) is 0 Å². The molecule has 1 unspecified atom stereocenters. The van der Waals surface area contributed by atoms with Crippen molar-refractivity contribution < 1.29 is 4.79 Å². The molecular formula is C10H10OSe. The van der Waals surface area contributed by atoms with Crippen LogP contribution < -0.4 is 4.46 Å². The molecule has 12 heavy (non-hydrogen) atoms. The molecule has 0 fully saturated rings. The second-order valence-electron chi connectivity index (χ2n) is 3.07. The van der Waals surface area contributed by atoms with Gasteiger partial charge in [0.05, 0.1) is 0 Å². The van der Waals surface area contributed by atoms with Gasteiger partial charge in [0.1, 0.15) is 0 Å². The van der Waals surface area contributed by atoms with Gasteiger partial charge in [-0.2, -0.15) is 0 Å². The Kier molecular flexibility index (Phi) is 2.03. The number of fused-ring (bicyclic) bond motifs is 1. The van der Waals surface area contributed by atoms with Crippen LogP contribution in [0, 0.1) is 5.92 Å². The van der Waals surface area contributed by atoms with Gasteiger partial charge in [-0.15, -0.1) is 0 Å². The number of hydrogen-bond acceptors (Lipinski definition) is 1. The monoisotopic (exact) mass is 226 g/mol. The van der Waals surface area contributed by atoms with Gasteiger partial charge in [-0.25, -0.2) is 0 Å². The molecule has 0 radical (unpaired) electrons. The van der Waals surface area contributed by atoms with Gasteiger partial charge in [-0.05, 0) is 0 Å². The van der Waals surface area contributed by atoms with E-state index in [2.05, 4.69) is 6.07 Å². The fourth-order valence-electron chi connectivity index (χ4n) is 1.35. The Bertz CT molecular complexity index is 319. The van der Waals surface area contributed by atoms with E-state index >= 15 is 0 Å². The second-order valence-corrected chi connectivity index (χ2v) is 5.30. The molecule has 1 aliphatic heterocycles. The van der Waals surface area contributed by atoms with Crippen LogP contribution in [0.2, 0.25) is 5.32 Å². The average molecular weight is 225 g/mol. The molecule has 1 aliphatic rings. The van der Waals surface area contributed by atoms with Crippen LogP contribution in [0.15, 0.2) is 24.3 Å². The van der Waals surface area contributed by atoms with Crippen LogP contribution in [0.5, 0.6) is 0 Å². The van der Waals surface area contributed by atoms with Gasteiger partial charge < -0.3 is 0 Å². The van der Waals surface area contributed by atoms with E-state index in [0.29, 0.717) is 20.7 Å². The maximum absolute atomic E-state index is 11.6. The molecular weight excluding hydrogens is 215 g/mol. The van der Waals surface area contributed by atoms with E-state index in [1.807, 2.05) is 25.1 Å². The summed E-state index contributed by atoms with van der Waals surface area (Å²) < 4.78 is 1.29. The molecule has 1 nitrogen and oxygen atoms in total. The first-order valence-corrected chi connectivity index (χ1v) is 6.12. The molecule has 1 aromatic carbocycles. The van der Waals surface area contributed by atoms with E-state index in [0.717, 1.165) is 10.9 Å². The molecule has 1 atom stereocenters. The van der Waals surface area contributed by atoms with Crippen molar-refractivity contribution in [2.24, 2.45) is 5.92 Å². The van der Waals surface area contributed by atoms with Gasteiger partial charge in [-0.1, -0.05) is 0 Å². The average Bonchev–Trinajstić information content (AvgIpc) is 2.12. The fourth-order valence-corrected chi connectivity index (χ4v) is 3.62. The van der Waals surface area contributed by atoms with Crippen LogP contribution in [0.25, 0.3) is 0 Å². The molecule has 0 spiro atoms. The summed E-state index contributed by atoms with van der Waals surface area (Å²) in [6.07, 6.45) is 0. The number of carbonyl (C=O) groups excluding carboxylic acids is 1. The maximum atomic E-state index is 11.6. The molecule has 0 N–H and O–H groups in total. The number of rotatable bonds is 0. The second kappa shape index (κ2) is 3.04. The van der Waals surface area contributed by atoms with Crippen molar-refractivity contribution in [3.8, 4) is 0 Å². The molecule has 1 heterocycles. The Morgan fingerprint density at radius 3 is 3.00 bits per heavy atom. The van der Waals surface area contributed by atoms with Gasteiger partial charge in [0, 0.05) is 0 Å². The third-order valence-electron chi connectivity index (χ3n) is 2.09. The summed E-state index contributed by atoms with van der Waals surface area (Å²) >= 11 is 0.518. The van der Waals surface area contributed by atoms with Gasteiger partial charge >= 0.3 is 78.0 Å². The molecule has 0 aliphatic carbocycles. The van der Waals surface area contributed by atoms with Crippen LogP contribution in [0.1, 0.15) is 17.3 Å². The van der Waals surface area contributed by atoms with Crippen LogP contribution >= 0.6 is 0 Å². The molecule has 0 bridgehead atoms. The predicted molar refractivity (Wildman–Crippen MR) is 50.1 cm³/mol. The number of ketones is 1. The van der Waals surface area contributed by atoms with Crippen molar-refractivity contribution in [3.63, 3.8) is 0 Å². The van der Waals surface area contributed by atoms with E-state index in [4.69, 9.17) is 0 Å². The Balaban J connectivity index is 2.49. The molecule has 2 heteroatoms. The minimum atomic E-state index is 0.250. The number of hydrogen-bond donors (Lipinski definition) is 0. The summed E-state index contributed by atoms with van der Waals surface area (Å²) in [4.78, 5) is 11.6. The molecule has 1 aromatic rings. The third kappa shape index (κ3) is 1.21. The Labute approximate surface area is 78.3 Å². The van der Waals surface area contributed by atoms with Crippen molar-refractivity contribution in [3.05, 3.63) is 29.8 Å². The van der Waals surface area contributed by atoms with E-state index < -0.39 is 0 Å². The zero-order chi connectivity index (χ0) is 8.55. The summed E-state index contributed by atoms with van der Waals surface area (Å²) in [5, 5.41) is 1.07. The molecule has 2 rings (SSSR count). The van der Waals surface area contributed by atoms with Crippen LogP contribution in [0.3, 0.4) is 0 Å². The summed E-state index contributed by atoms with van der Waals surface area (Å²) in [5.41, 5.74) is 0.969. The Morgan fingerprint density at radius 2 is 2.17 bits per heavy atom. The van der Waals surface area contributed by atoms with E-state index in [-0.39, 0.29) is 5.92 Å². The number of benzene rings is 1.